The van der Waals surface area contributed by atoms with Gasteiger partial charge >= 0.3 is 0 Å². The lowest BCUT2D eigenvalue weighted by atomic mass is 9.85. The molecule has 0 heterocycles. The molecule has 0 saturated heterocycles. The van der Waals surface area contributed by atoms with E-state index in [1.807, 2.05) is 30.3 Å². The van der Waals surface area contributed by atoms with Crippen molar-refractivity contribution in [1.29, 1.82) is 0 Å². The maximum Gasteiger partial charge on any atom is 0.227 e. The van der Waals surface area contributed by atoms with Crippen molar-refractivity contribution in [3.63, 3.8) is 0 Å². The van der Waals surface area contributed by atoms with Crippen LogP contribution in [0.25, 0.3) is 0 Å². The second-order valence-corrected chi connectivity index (χ2v) is 5.26. The molecule has 5 heteroatoms. The van der Waals surface area contributed by atoms with Crippen molar-refractivity contribution < 1.29 is 10.0 Å². The summed E-state index contributed by atoms with van der Waals surface area (Å²) < 4.78 is 0. The average molecular weight is 291 g/mol. The first kappa shape index (κ1) is 17.0. The van der Waals surface area contributed by atoms with Crippen LogP contribution >= 0.6 is 0 Å². The first-order chi connectivity index (χ1) is 10.1. The minimum absolute atomic E-state index is 0.0371. The molecular weight excluding hydrogens is 266 g/mol. The number of amidine groups is 1. The van der Waals surface area contributed by atoms with Crippen LogP contribution < -0.4 is 11.1 Å². The van der Waals surface area contributed by atoms with Gasteiger partial charge in [0.2, 0.25) is 5.91 Å². The number of oxime groups is 1. The fraction of sp³-hybridized carbons (Fsp3) is 0.500. The normalized spacial score (nSPS) is 14.5. The number of nitrogens with two attached hydrogens (primary N) is 1. The number of carbonyl (C=O) groups excluding carboxylic acids is 1. The molecule has 116 valence electrons. The van der Waals surface area contributed by atoms with Gasteiger partial charge in [-0.25, -0.2) is 0 Å². The molecule has 5 nitrogen and oxygen atoms in total. The summed E-state index contributed by atoms with van der Waals surface area (Å²) >= 11 is 0. The summed E-state index contributed by atoms with van der Waals surface area (Å²) in [6.45, 7) is 4.70. The summed E-state index contributed by atoms with van der Waals surface area (Å²) in [6.07, 6.45) is 2.07. The average Bonchev–Trinajstić information content (AvgIpc) is 2.52. The lowest BCUT2D eigenvalue weighted by Gasteiger charge is -2.22. The van der Waals surface area contributed by atoms with Crippen LogP contribution in [0, 0.1) is 5.92 Å². The minimum atomic E-state index is -0.139. The third kappa shape index (κ3) is 5.45. The highest BCUT2D eigenvalue weighted by atomic mass is 16.4. The highest BCUT2D eigenvalue weighted by Crippen LogP contribution is 2.27. The molecule has 1 aromatic rings. The number of benzene rings is 1. The predicted octanol–water partition coefficient (Wildman–Crippen LogP) is 2.46. The van der Waals surface area contributed by atoms with E-state index in [9.17, 15) is 4.79 Å². The van der Waals surface area contributed by atoms with E-state index in [4.69, 9.17) is 10.9 Å². The zero-order valence-corrected chi connectivity index (χ0v) is 12.7. The largest absolute Gasteiger partial charge is 0.409 e. The second-order valence-electron chi connectivity index (χ2n) is 5.26. The standard InChI is InChI=1S/C16H25N3O2/c1-3-12(2)15(13-8-5-4-6-9-13)16(20)18-11-7-10-14(17)19-21/h4-6,8-9,12,15,21H,3,7,10-11H2,1-2H3,(H2,17,19)(H,18,20). The molecule has 0 spiro atoms. The lowest BCUT2D eigenvalue weighted by molar-refractivity contribution is -0.123. The monoisotopic (exact) mass is 291 g/mol. The molecule has 1 rings (SSSR count). The Hall–Kier alpha value is -2.04. The molecule has 21 heavy (non-hydrogen) atoms. The molecule has 0 aromatic heterocycles. The molecule has 2 atom stereocenters. The van der Waals surface area contributed by atoms with Gasteiger partial charge in [0.05, 0.1) is 5.92 Å². The van der Waals surface area contributed by atoms with E-state index >= 15 is 0 Å². The van der Waals surface area contributed by atoms with E-state index in [1.54, 1.807) is 0 Å². The van der Waals surface area contributed by atoms with Crippen LogP contribution in [0.1, 0.15) is 44.6 Å². The number of carbonyl (C=O) groups is 1. The summed E-state index contributed by atoms with van der Waals surface area (Å²) in [4.78, 5) is 12.4. The maximum absolute atomic E-state index is 12.4. The van der Waals surface area contributed by atoms with Gasteiger partial charge in [-0.1, -0.05) is 55.8 Å². The molecule has 0 bridgehead atoms. The van der Waals surface area contributed by atoms with Gasteiger partial charge in [0.1, 0.15) is 5.84 Å². The maximum atomic E-state index is 12.4. The Kier molecular flexibility index (Phi) is 7.29. The third-order valence-electron chi connectivity index (χ3n) is 3.69. The fourth-order valence-electron chi connectivity index (χ4n) is 2.28. The number of nitrogens with one attached hydrogen (secondary N) is 1. The molecule has 0 saturated carbocycles. The highest BCUT2D eigenvalue weighted by molar-refractivity contribution is 5.84. The molecule has 0 aliphatic heterocycles. The smallest absolute Gasteiger partial charge is 0.227 e. The molecule has 0 radical (unpaired) electrons. The van der Waals surface area contributed by atoms with Gasteiger partial charge in [-0.05, 0) is 17.9 Å². The van der Waals surface area contributed by atoms with Crippen molar-refractivity contribution in [3.05, 3.63) is 35.9 Å². The van der Waals surface area contributed by atoms with Crippen molar-refractivity contribution in [2.45, 2.75) is 39.0 Å². The van der Waals surface area contributed by atoms with Crippen LogP contribution in [0.3, 0.4) is 0 Å². The van der Waals surface area contributed by atoms with Crippen molar-refractivity contribution >= 4 is 11.7 Å². The van der Waals surface area contributed by atoms with Gasteiger partial charge in [-0.15, -0.1) is 0 Å². The second kappa shape index (κ2) is 9.00. The van der Waals surface area contributed by atoms with Gasteiger partial charge in [0.15, 0.2) is 0 Å². The lowest BCUT2D eigenvalue weighted by Crippen LogP contribution is -2.33. The van der Waals surface area contributed by atoms with Crippen molar-refractivity contribution in [1.82, 2.24) is 5.32 Å². The fourth-order valence-corrected chi connectivity index (χ4v) is 2.28. The van der Waals surface area contributed by atoms with Crippen LogP contribution in [0.5, 0.6) is 0 Å². The van der Waals surface area contributed by atoms with Crippen molar-refractivity contribution in [2.24, 2.45) is 16.8 Å². The Morgan fingerprint density at radius 3 is 2.62 bits per heavy atom. The first-order valence-corrected chi connectivity index (χ1v) is 7.39. The summed E-state index contributed by atoms with van der Waals surface area (Å²) in [5.41, 5.74) is 6.44. The zero-order chi connectivity index (χ0) is 15.7. The molecule has 2 unspecified atom stereocenters. The number of hydrogen-bond donors (Lipinski definition) is 3. The molecule has 0 aliphatic rings. The van der Waals surface area contributed by atoms with Gasteiger partial charge in [0.25, 0.3) is 0 Å². The number of rotatable bonds is 8. The van der Waals surface area contributed by atoms with Gasteiger partial charge in [-0.3, -0.25) is 4.79 Å². The SMILES string of the molecule is CCC(C)C(C(=O)NCCCC(N)=NO)c1ccccc1. The van der Waals surface area contributed by atoms with Crippen LogP contribution in [-0.4, -0.2) is 23.5 Å². The summed E-state index contributed by atoms with van der Waals surface area (Å²) in [5, 5.41) is 14.3. The van der Waals surface area contributed by atoms with Crippen LogP contribution in [0.2, 0.25) is 0 Å². The van der Waals surface area contributed by atoms with E-state index in [0.29, 0.717) is 19.4 Å². The van der Waals surface area contributed by atoms with Gasteiger partial charge in [-0.2, -0.15) is 0 Å². The third-order valence-corrected chi connectivity index (χ3v) is 3.69. The molecule has 0 aliphatic carbocycles. The summed E-state index contributed by atoms with van der Waals surface area (Å²) in [7, 11) is 0. The van der Waals surface area contributed by atoms with Gasteiger partial charge < -0.3 is 16.3 Å². The molecule has 4 N–H and O–H groups in total. The Labute approximate surface area is 126 Å². The number of nitrogens with zero attached hydrogens (tertiary/aromatic N) is 1. The summed E-state index contributed by atoms with van der Waals surface area (Å²) in [6, 6.07) is 9.85. The highest BCUT2D eigenvalue weighted by Gasteiger charge is 2.25. The first-order valence-electron chi connectivity index (χ1n) is 7.39. The van der Waals surface area contributed by atoms with E-state index in [-0.39, 0.29) is 23.6 Å². The number of hydrogen-bond acceptors (Lipinski definition) is 3. The zero-order valence-electron chi connectivity index (χ0n) is 12.7. The van der Waals surface area contributed by atoms with E-state index < -0.39 is 0 Å². The van der Waals surface area contributed by atoms with E-state index in [0.717, 1.165) is 12.0 Å². The van der Waals surface area contributed by atoms with E-state index in [2.05, 4.69) is 24.3 Å². The predicted molar refractivity (Wildman–Crippen MR) is 84.3 cm³/mol. The Morgan fingerprint density at radius 2 is 2.05 bits per heavy atom. The molecule has 0 fully saturated rings. The topological polar surface area (TPSA) is 87.7 Å². The Bertz CT molecular complexity index is 460. The molecule has 1 aromatic carbocycles. The quantitative estimate of drug-likeness (QED) is 0.226. The molecule has 1 amide bonds. The van der Waals surface area contributed by atoms with E-state index in [1.165, 1.54) is 0 Å². The Morgan fingerprint density at radius 1 is 1.38 bits per heavy atom. The van der Waals surface area contributed by atoms with Crippen LogP contribution in [-0.2, 0) is 4.79 Å². The Balaban J connectivity index is 2.61. The van der Waals surface area contributed by atoms with Crippen molar-refractivity contribution in [3.8, 4) is 0 Å². The number of amides is 1. The van der Waals surface area contributed by atoms with Gasteiger partial charge in [0, 0.05) is 13.0 Å². The summed E-state index contributed by atoms with van der Waals surface area (Å²) in [5.74, 6) is 0.359. The minimum Gasteiger partial charge on any atom is -0.409 e. The molecular formula is C16H25N3O2. The van der Waals surface area contributed by atoms with Crippen molar-refractivity contribution in [2.75, 3.05) is 6.54 Å². The van der Waals surface area contributed by atoms with Crippen LogP contribution in [0.15, 0.2) is 35.5 Å². The van der Waals surface area contributed by atoms with Crippen LogP contribution in [0.4, 0.5) is 0 Å².